The van der Waals surface area contributed by atoms with Crippen molar-refractivity contribution in [2.75, 3.05) is 41.3 Å². The number of pyridine rings is 1. The summed E-state index contributed by atoms with van der Waals surface area (Å²) in [6.45, 7) is 2.24. The first-order valence-electron chi connectivity index (χ1n) is 12.1. The summed E-state index contributed by atoms with van der Waals surface area (Å²) in [7, 11) is 7.47. The molecular formula is C29H32N4O2. The standard InChI is InChI=1S/C29H32N4O2/c1-32(2)29(34)21-7-5-19(6-8-21)26-18-31-28-25(26)15-23(17-30-28)22-9-10-24(27(16-22)35-4)20-11-13-33(3)14-12-20/h5-10,15-18,20H,11-14H2,1-4H3,(H,30,31). The lowest BCUT2D eigenvalue weighted by atomic mass is 9.88. The number of hydrogen-bond acceptors (Lipinski definition) is 4. The largest absolute Gasteiger partial charge is 0.496 e. The van der Waals surface area contributed by atoms with Crippen LogP contribution in [0, 0.1) is 0 Å². The van der Waals surface area contributed by atoms with Gasteiger partial charge in [0.2, 0.25) is 0 Å². The molecule has 4 aromatic rings. The number of methoxy groups -OCH3 is 1. The molecule has 0 radical (unpaired) electrons. The van der Waals surface area contributed by atoms with Gasteiger partial charge in [-0.25, -0.2) is 4.98 Å². The van der Waals surface area contributed by atoms with Gasteiger partial charge in [0.15, 0.2) is 0 Å². The molecule has 3 heterocycles. The Bertz CT molecular complexity index is 1350. The van der Waals surface area contributed by atoms with Crippen molar-refractivity contribution in [2.45, 2.75) is 18.8 Å². The Morgan fingerprint density at radius 3 is 2.43 bits per heavy atom. The van der Waals surface area contributed by atoms with Gasteiger partial charge in [-0.05, 0) is 79.9 Å². The summed E-state index contributed by atoms with van der Waals surface area (Å²) in [4.78, 5) is 24.2. The summed E-state index contributed by atoms with van der Waals surface area (Å²) in [5.41, 5.74) is 7.06. The van der Waals surface area contributed by atoms with Gasteiger partial charge in [-0.3, -0.25) is 4.79 Å². The van der Waals surface area contributed by atoms with E-state index in [2.05, 4.69) is 46.2 Å². The first-order valence-corrected chi connectivity index (χ1v) is 12.1. The van der Waals surface area contributed by atoms with E-state index < -0.39 is 0 Å². The molecule has 2 aromatic carbocycles. The second-order valence-corrected chi connectivity index (χ2v) is 9.63. The molecule has 1 fully saturated rings. The Morgan fingerprint density at radius 1 is 1.03 bits per heavy atom. The van der Waals surface area contributed by atoms with Crippen LogP contribution in [0.5, 0.6) is 5.75 Å². The van der Waals surface area contributed by atoms with E-state index in [1.54, 1.807) is 26.1 Å². The van der Waals surface area contributed by atoms with Gasteiger partial charge in [0.1, 0.15) is 11.4 Å². The van der Waals surface area contributed by atoms with Crippen LogP contribution in [-0.4, -0.2) is 67.0 Å². The van der Waals surface area contributed by atoms with E-state index in [-0.39, 0.29) is 5.91 Å². The van der Waals surface area contributed by atoms with Gasteiger partial charge in [-0.15, -0.1) is 0 Å². The number of aromatic amines is 1. The molecule has 0 aliphatic carbocycles. The van der Waals surface area contributed by atoms with Crippen molar-refractivity contribution >= 4 is 16.9 Å². The lowest BCUT2D eigenvalue weighted by Gasteiger charge is -2.30. The average Bonchev–Trinajstić information content (AvgIpc) is 3.32. The monoisotopic (exact) mass is 468 g/mol. The number of nitrogens with zero attached hydrogens (tertiary/aromatic N) is 3. The molecule has 1 N–H and O–H groups in total. The third kappa shape index (κ3) is 4.54. The Labute approximate surface area is 206 Å². The van der Waals surface area contributed by atoms with Crippen LogP contribution in [0.1, 0.15) is 34.7 Å². The fourth-order valence-corrected chi connectivity index (χ4v) is 5.00. The van der Waals surface area contributed by atoms with E-state index in [4.69, 9.17) is 4.74 Å². The Morgan fingerprint density at radius 2 is 1.74 bits per heavy atom. The molecule has 1 amide bonds. The molecule has 6 nitrogen and oxygen atoms in total. The molecule has 1 aliphatic rings. The number of hydrogen-bond donors (Lipinski definition) is 1. The summed E-state index contributed by atoms with van der Waals surface area (Å²) in [6.07, 6.45) is 6.20. The number of likely N-dealkylation sites (tertiary alicyclic amines) is 1. The third-order valence-corrected chi connectivity index (χ3v) is 7.11. The molecule has 0 spiro atoms. The highest BCUT2D eigenvalue weighted by molar-refractivity contribution is 5.98. The molecule has 2 aromatic heterocycles. The number of amides is 1. The number of fused-ring (bicyclic) bond motifs is 1. The zero-order valence-electron chi connectivity index (χ0n) is 20.8. The minimum Gasteiger partial charge on any atom is -0.496 e. The summed E-state index contributed by atoms with van der Waals surface area (Å²) in [5, 5.41) is 1.05. The van der Waals surface area contributed by atoms with Gasteiger partial charge in [0.25, 0.3) is 5.91 Å². The summed E-state index contributed by atoms with van der Waals surface area (Å²) < 4.78 is 5.83. The molecule has 5 rings (SSSR count). The molecule has 1 saturated heterocycles. The van der Waals surface area contributed by atoms with E-state index in [9.17, 15) is 4.79 Å². The van der Waals surface area contributed by atoms with Crippen LogP contribution in [0.3, 0.4) is 0 Å². The highest BCUT2D eigenvalue weighted by Crippen LogP contribution is 2.38. The molecule has 180 valence electrons. The molecule has 0 atom stereocenters. The van der Waals surface area contributed by atoms with Crippen molar-refractivity contribution in [3.05, 3.63) is 72.1 Å². The molecule has 35 heavy (non-hydrogen) atoms. The maximum Gasteiger partial charge on any atom is 0.253 e. The fraction of sp³-hybridized carbons (Fsp3) is 0.310. The Kier molecular flexibility index (Phi) is 6.31. The number of rotatable bonds is 5. The maximum atomic E-state index is 12.2. The van der Waals surface area contributed by atoms with Gasteiger partial charge < -0.3 is 19.5 Å². The Hall–Kier alpha value is -3.64. The zero-order valence-corrected chi connectivity index (χ0v) is 20.8. The SMILES string of the molecule is COc1cc(-c2cnc3[nH]cc(-c4ccc(C(=O)N(C)C)cc4)c3c2)ccc1C1CCN(C)CC1. The van der Waals surface area contributed by atoms with E-state index in [1.807, 2.05) is 36.7 Å². The molecule has 6 heteroatoms. The number of piperidine rings is 1. The van der Waals surface area contributed by atoms with Gasteiger partial charge in [-0.1, -0.05) is 24.3 Å². The van der Waals surface area contributed by atoms with Crippen molar-refractivity contribution in [3.8, 4) is 28.0 Å². The van der Waals surface area contributed by atoms with Crippen LogP contribution in [0.4, 0.5) is 0 Å². The molecule has 0 bridgehead atoms. The highest BCUT2D eigenvalue weighted by atomic mass is 16.5. The van der Waals surface area contributed by atoms with Crippen molar-refractivity contribution < 1.29 is 9.53 Å². The third-order valence-electron chi connectivity index (χ3n) is 7.11. The number of H-pyrrole nitrogens is 1. The fourth-order valence-electron chi connectivity index (χ4n) is 5.00. The summed E-state index contributed by atoms with van der Waals surface area (Å²) in [6, 6.07) is 16.5. The second-order valence-electron chi connectivity index (χ2n) is 9.63. The number of nitrogens with one attached hydrogen (secondary N) is 1. The van der Waals surface area contributed by atoms with Crippen LogP contribution >= 0.6 is 0 Å². The van der Waals surface area contributed by atoms with Crippen molar-refractivity contribution in [3.63, 3.8) is 0 Å². The number of benzene rings is 2. The lowest BCUT2D eigenvalue weighted by molar-refractivity contribution is 0.0827. The van der Waals surface area contributed by atoms with Gasteiger partial charge in [0, 0.05) is 48.6 Å². The Balaban J connectivity index is 1.47. The zero-order chi connectivity index (χ0) is 24.5. The topological polar surface area (TPSA) is 61.5 Å². The predicted octanol–water partition coefficient (Wildman–Crippen LogP) is 5.42. The quantitative estimate of drug-likeness (QED) is 0.425. The smallest absolute Gasteiger partial charge is 0.253 e. The van der Waals surface area contributed by atoms with Crippen LogP contribution in [0.25, 0.3) is 33.3 Å². The van der Waals surface area contributed by atoms with Gasteiger partial charge >= 0.3 is 0 Å². The van der Waals surface area contributed by atoms with Crippen molar-refractivity contribution in [1.82, 2.24) is 19.8 Å². The molecular weight excluding hydrogens is 436 g/mol. The van der Waals surface area contributed by atoms with E-state index in [0.29, 0.717) is 11.5 Å². The van der Waals surface area contributed by atoms with E-state index in [1.165, 1.54) is 5.56 Å². The maximum absolute atomic E-state index is 12.2. The molecule has 0 saturated carbocycles. The average molecular weight is 469 g/mol. The number of carbonyl (C=O) groups excluding carboxylic acids is 1. The highest BCUT2D eigenvalue weighted by Gasteiger charge is 2.22. The minimum atomic E-state index is -0.00271. The minimum absolute atomic E-state index is 0.00271. The summed E-state index contributed by atoms with van der Waals surface area (Å²) >= 11 is 0. The van der Waals surface area contributed by atoms with Gasteiger partial charge in [-0.2, -0.15) is 0 Å². The number of carbonyl (C=O) groups is 1. The molecule has 1 aliphatic heterocycles. The van der Waals surface area contributed by atoms with E-state index in [0.717, 1.165) is 65.0 Å². The first kappa shape index (κ1) is 23.1. The summed E-state index contributed by atoms with van der Waals surface area (Å²) in [5.74, 6) is 1.49. The van der Waals surface area contributed by atoms with Crippen molar-refractivity contribution in [1.29, 1.82) is 0 Å². The van der Waals surface area contributed by atoms with Crippen molar-refractivity contribution in [2.24, 2.45) is 0 Å². The number of ether oxygens (including phenoxy) is 1. The van der Waals surface area contributed by atoms with E-state index >= 15 is 0 Å². The van der Waals surface area contributed by atoms with Crippen LogP contribution < -0.4 is 4.74 Å². The van der Waals surface area contributed by atoms with Crippen LogP contribution in [0.2, 0.25) is 0 Å². The molecule has 0 unspecified atom stereocenters. The number of aromatic nitrogens is 2. The lowest BCUT2D eigenvalue weighted by Crippen LogP contribution is -2.29. The normalized spacial score (nSPS) is 14.9. The van der Waals surface area contributed by atoms with Crippen LogP contribution in [0.15, 0.2) is 60.9 Å². The van der Waals surface area contributed by atoms with Gasteiger partial charge in [0.05, 0.1) is 7.11 Å². The first-order chi connectivity index (χ1) is 16.9. The second kappa shape index (κ2) is 9.55. The van der Waals surface area contributed by atoms with Crippen LogP contribution in [-0.2, 0) is 0 Å². The predicted molar refractivity (Wildman–Crippen MR) is 141 cm³/mol.